The van der Waals surface area contributed by atoms with Crippen molar-refractivity contribution in [2.24, 2.45) is 10.4 Å². The van der Waals surface area contributed by atoms with Gasteiger partial charge in [-0.2, -0.15) is 0 Å². The maximum absolute atomic E-state index is 10.9. The first-order valence-corrected chi connectivity index (χ1v) is 8.84. The highest BCUT2D eigenvalue weighted by molar-refractivity contribution is 14.0. The van der Waals surface area contributed by atoms with Crippen LogP contribution in [0.2, 0.25) is 0 Å². The molecule has 0 aromatic carbocycles. The van der Waals surface area contributed by atoms with Gasteiger partial charge in [-0.05, 0) is 25.2 Å². The molecule has 8 heteroatoms. The van der Waals surface area contributed by atoms with Gasteiger partial charge in [-0.25, -0.2) is 13.1 Å². The Morgan fingerprint density at radius 1 is 1.24 bits per heavy atom. The minimum absolute atomic E-state index is 0. The second-order valence-electron chi connectivity index (χ2n) is 6.31. The third-order valence-electron chi connectivity index (χ3n) is 2.72. The topological polar surface area (TPSA) is 82.6 Å². The third kappa shape index (κ3) is 16.1. The fourth-order valence-electron chi connectivity index (χ4n) is 1.57. The van der Waals surface area contributed by atoms with Crippen LogP contribution in [0.15, 0.2) is 4.99 Å². The molecule has 0 spiro atoms. The highest BCUT2D eigenvalue weighted by Gasteiger charge is 2.13. The van der Waals surface area contributed by atoms with Crippen molar-refractivity contribution in [2.75, 3.05) is 26.4 Å². The average Bonchev–Trinajstić information content (AvgIpc) is 2.28. The van der Waals surface area contributed by atoms with Crippen molar-refractivity contribution in [3.05, 3.63) is 0 Å². The van der Waals surface area contributed by atoms with Crippen LogP contribution in [-0.2, 0) is 10.0 Å². The molecule has 3 N–H and O–H groups in total. The van der Waals surface area contributed by atoms with Crippen LogP contribution in [0.5, 0.6) is 0 Å². The van der Waals surface area contributed by atoms with E-state index in [0.717, 1.165) is 19.1 Å². The molecular weight excluding hydrogens is 403 g/mol. The molecule has 0 aliphatic heterocycles. The highest BCUT2D eigenvalue weighted by Crippen LogP contribution is 2.21. The lowest BCUT2D eigenvalue weighted by atomic mass is 9.89. The molecule has 0 bridgehead atoms. The molecule has 0 fully saturated rings. The van der Waals surface area contributed by atoms with Gasteiger partial charge in [-0.1, -0.05) is 20.8 Å². The van der Waals surface area contributed by atoms with Gasteiger partial charge in [-0.15, -0.1) is 24.0 Å². The van der Waals surface area contributed by atoms with Gasteiger partial charge in [0.2, 0.25) is 10.0 Å². The fraction of sp³-hybridized carbons (Fsp3) is 0.923. The maximum Gasteiger partial charge on any atom is 0.208 e. The maximum atomic E-state index is 10.9. The van der Waals surface area contributed by atoms with Gasteiger partial charge < -0.3 is 10.6 Å². The summed E-state index contributed by atoms with van der Waals surface area (Å²) in [5, 5.41) is 6.38. The first kappa shape index (κ1) is 23.2. The number of nitrogens with one attached hydrogen (secondary N) is 3. The number of aliphatic imine (C=N–C) groups is 1. The monoisotopic (exact) mass is 434 g/mol. The Kier molecular flexibility index (Phi) is 11.7. The van der Waals surface area contributed by atoms with Crippen molar-refractivity contribution >= 4 is 40.0 Å². The Balaban J connectivity index is 0. The van der Waals surface area contributed by atoms with Crippen LogP contribution in [0, 0.1) is 5.41 Å². The summed E-state index contributed by atoms with van der Waals surface area (Å²) in [4.78, 5) is 4.12. The smallest absolute Gasteiger partial charge is 0.208 e. The van der Waals surface area contributed by atoms with Gasteiger partial charge in [-0.3, -0.25) is 4.99 Å². The molecule has 0 aromatic rings. The average molecular weight is 434 g/mol. The van der Waals surface area contributed by atoms with Gasteiger partial charge in [0.1, 0.15) is 0 Å². The van der Waals surface area contributed by atoms with Crippen LogP contribution in [-0.4, -0.2) is 46.8 Å². The Morgan fingerprint density at radius 2 is 1.81 bits per heavy atom. The Labute approximate surface area is 147 Å². The zero-order valence-electron chi connectivity index (χ0n) is 14.0. The van der Waals surface area contributed by atoms with E-state index in [1.807, 2.05) is 0 Å². The summed E-state index contributed by atoms with van der Waals surface area (Å²) in [5.74, 6) is 0.696. The number of nitrogens with zero attached hydrogens (tertiary/aromatic N) is 1. The van der Waals surface area contributed by atoms with E-state index < -0.39 is 10.0 Å². The minimum Gasteiger partial charge on any atom is -0.355 e. The van der Waals surface area contributed by atoms with Crippen LogP contribution in [0.1, 0.15) is 40.5 Å². The summed E-state index contributed by atoms with van der Waals surface area (Å²) in [6, 6.07) is 0.322. The van der Waals surface area contributed by atoms with Crippen LogP contribution in [0.3, 0.4) is 0 Å². The summed E-state index contributed by atoms with van der Waals surface area (Å²) in [6.45, 7) is 9.64. The fourth-order valence-corrected chi connectivity index (χ4v) is 2.04. The molecular formula is C13H31IN4O2S. The van der Waals surface area contributed by atoms with E-state index in [1.165, 1.54) is 0 Å². The molecule has 0 aromatic heterocycles. The van der Waals surface area contributed by atoms with E-state index >= 15 is 0 Å². The standard InChI is InChI=1S/C13H30N4O2S.HI/c1-11(7-8-13(2,3)4)17-12(14-5)15-9-10-16-20(6,18)19;/h11,16H,7-10H2,1-6H3,(H2,14,15,17);1H. The van der Waals surface area contributed by atoms with Gasteiger partial charge >= 0.3 is 0 Å². The summed E-state index contributed by atoms with van der Waals surface area (Å²) in [7, 11) is -1.42. The minimum atomic E-state index is -3.13. The van der Waals surface area contributed by atoms with Crippen LogP contribution < -0.4 is 15.4 Å². The molecule has 0 rings (SSSR count). The molecule has 1 unspecified atom stereocenters. The molecule has 0 saturated heterocycles. The Hall–Kier alpha value is -0.0900. The Morgan fingerprint density at radius 3 is 2.24 bits per heavy atom. The molecule has 0 radical (unpaired) electrons. The molecule has 0 aliphatic rings. The summed E-state index contributed by atoms with van der Waals surface area (Å²) >= 11 is 0. The molecule has 0 amide bonds. The zero-order chi connectivity index (χ0) is 15.8. The highest BCUT2D eigenvalue weighted by atomic mass is 127. The van der Waals surface area contributed by atoms with Crippen LogP contribution in [0.25, 0.3) is 0 Å². The van der Waals surface area contributed by atoms with Crippen molar-refractivity contribution in [3.63, 3.8) is 0 Å². The number of hydrogen-bond donors (Lipinski definition) is 3. The van der Waals surface area contributed by atoms with E-state index in [9.17, 15) is 8.42 Å². The molecule has 0 heterocycles. The Bertz CT molecular complexity index is 405. The SMILES string of the molecule is CN=C(NCCNS(C)(=O)=O)NC(C)CCC(C)(C)C.I. The molecule has 1 atom stereocenters. The van der Waals surface area contributed by atoms with Crippen LogP contribution >= 0.6 is 24.0 Å². The second-order valence-corrected chi connectivity index (χ2v) is 8.14. The van der Waals surface area contributed by atoms with Gasteiger partial charge in [0.15, 0.2) is 5.96 Å². The number of halogens is 1. The van der Waals surface area contributed by atoms with Crippen molar-refractivity contribution < 1.29 is 8.42 Å². The molecule has 21 heavy (non-hydrogen) atoms. The van der Waals surface area contributed by atoms with Crippen molar-refractivity contribution in [1.82, 2.24) is 15.4 Å². The van der Waals surface area contributed by atoms with E-state index in [0.29, 0.717) is 30.5 Å². The lowest BCUT2D eigenvalue weighted by Gasteiger charge is -2.23. The quantitative estimate of drug-likeness (QED) is 0.246. The number of hydrogen-bond acceptors (Lipinski definition) is 3. The van der Waals surface area contributed by atoms with E-state index in [4.69, 9.17) is 0 Å². The lowest BCUT2D eigenvalue weighted by molar-refractivity contribution is 0.346. The first-order valence-electron chi connectivity index (χ1n) is 6.95. The van der Waals surface area contributed by atoms with Crippen molar-refractivity contribution in [1.29, 1.82) is 0 Å². The van der Waals surface area contributed by atoms with E-state index in [1.54, 1.807) is 7.05 Å². The van der Waals surface area contributed by atoms with E-state index in [2.05, 4.69) is 48.0 Å². The summed E-state index contributed by atoms with van der Waals surface area (Å²) in [6.07, 6.45) is 3.34. The largest absolute Gasteiger partial charge is 0.355 e. The number of sulfonamides is 1. The third-order valence-corrected chi connectivity index (χ3v) is 3.44. The summed E-state index contributed by atoms with van der Waals surface area (Å²) < 4.78 is 24.3. The molecule has 0 saturated carbocycles. The molecule has 0 aliphatic carbocycles. The lowest BCUT2D eigenvalue weighted by Crippen LogP contribution is -2.44. The van der Waals surface area contributed by atoms with Crippen LogP contribution in [0.4, 0.5) is 0 Å². The predicted molar refractivity (Wildman–Crippen MR) is 101 cm³/mol. The zero-order valence-corrected chi connectivity index (χ0v) is 17.1. The van der Waals surface area contributed by atoms with Crippen molar-refractivity contribution in [3.8, 4) is 0 Å². The second kappa shape index (κ2) is 10.6. The van der Waals surface area contributed by atoms with Gasteiger partial charge in [0, 0.05) is 26.2 Å². The summed E-state index contributed by atoms with van der Waals surface area (Å²) in [5.41, 5.74) is 0.326. The predicted octanol–water partition coefficient (Wildman–Crippen LogP) is 1.53. The normalized spacial score (nSPS) is 14.3. The first-order chi connectivity index (χ1) is 9.03. The van der Waals surface area contributed by atoms with Gasteiger partial charge in [0.05, 0.1) is 6.26 Å². The van der Waals surface area contributed by atoms with E-state index in [-0.39, 0.29) is 24.0 Å². The van der Waals surface area contributed by atoms with Crippen molar-refractivity contribution in [2.45, 2.75) is 46.6 Å². The number of guanidine groups is 1. The van der Waals surface area contributed by atoms with Gasteiger partial charge in [0.25, 0.3) is 0 Å². The number of rotatable bonds is 7. The molecule has 6 nitrogen and oxygen atoms in total. The molecule has 128 valence electrons.